The first-order valence-corrected chi connectivity index (χ1v) is 11.8. The molecule has 0 radical (unpaired) electrons. The first kappa shape index (κ1) is 24.8. The molecule has 8 heteroatoms. The molecule has 4 aromatic rings. The largest absolute Gasteiger partial charge is 0.447 e. The third-order valence-electron chi connectivity index (χ3n) is 5.42. The average molecular weight is 545 g/mol. The Morgan fingerprint density at radius 3 is 2.08 bits per heavy atom. The number of hydrogen-bond donors (Lipinski definition) is 1. The molecule has 4 rings (SSSR count). The summed E-state index contributed by atoms with van der Waals surface area (Å²) < 4.78 is 5.95. The number of non-ortho nitro benzene ring substituents is 1. The first-order chi connectivity index (χ1) is 17.4. The number of nitrogens with one attached hydrogen (secondary N) is 1. The van der Waals surface area contributed by atoms with E-state index < -0.39 is 22.9 Å². The highest BCUT2D eigenvalue weighted by Crippen LogP contribution is 2.29. The zero-order chi connectivity index (χ0) is 25.5. The third-order valence-corrected chi connectivity index (χ3v) is 6.08. The number of carbonyl (C=O) groups excluding carboxylic acids is 2. The zero-order valence-corrected chi connectivity index (χ0v) is 20.6. The van der Waals surface area contributed by atoms with Gasteiger partial charge in [0.2, 0.25) is 6.10 Å². The molecule has 4 aromatic carbocycles. The molecule has 0 heterocycles. The number of nitro benzene ring substituents is 1. The van der Waals surface area contributed by atoms with Crippen LogP contribution in [0.5, 0.6) is 0 Å². The number of nitrogens with zero attached hydrogens (tertiary/aromatic N) is 1. The van der Waals surface area contributed by atoms with Crippen LogP contribution in [0.15, 0.2) is 108 Å². The Balaban J connectivity index is 1.48. The lowest BCUT2D eigenvalue weighted by Gasteiger charge is -2.19. The Hall–Kier alpha value is -4.30. The summed E-state index contributed by atoms with van der Waals surface area (Å²) in [6.07, 6.45) is -1.21. The van der Waals surface area contributed by atoms with E-state index in [2.05, 4.69) is 21.2 Å². The van der Waals surface area contributed by atoms with Crippen LogP contribution in [0.1, 0.15) is 17.2 Å². The van der Waals surface area contributed by atoms with Crippen LogP contribution in [-0.4, -0.2) is 16.8 Å². The zero-order valence-electron chi connectivity index (χ0n) is 19.0. The lowest BCUT2D eigenvalue weighted by Crippen LogP contribution is -2.26. The van der Waals surface area contributed by atoms with Crippen molar-refractivity contribution < 1.29 is 19.2 Å². The highest BCUT2D eigenvalue weighted by molar-refractivity contribution is 9.10. The highest BCUT2D eigenvalue weighted by Gasteiger charge is 2.26. The van der Waals surface area contributed by atoms with Crippen molar-refractivity contribution in [2.45, 2.75) is 12.5 Å². The van der Waals surface area contributed by atoms with E-state index in [4.69, 9.17) is 4.74 Å². The Labute approximate surface area is 216 Å². The lowest BCUT2D eigenvalue weighted by molar-refractivity contribution is -0.384. The quantitative estimate of drug-likeness (QED) is 0.155. The maximum atomic E-state index is 13.1. The van der Waals surface area contributed by atoms with E-state index in [1.165, 1.54) is 18.2 Å². The second-order valence-corrected chi connectivity index (χ2v) is 8.79. The summed E-state index contributed by atoms with van der Waals surface area (Å²) in [5.74, 6) is -1.14. The monoisotopic (exact) mass is 544 g/mol. The first-order valence-electron chi connectivity index (χ1n) is 11.0. The van der Waals surface area contributed by atoms with Gasteiger partial charge >= 0.3 is 5.97 Å². The molecule has 0 aliphatic heterocycles. The molecule has 1 unspecified atom stereocenters. The number of anilines is 1. The fourth-order valence-electron chi connectivity index (χ4n) is 3.60. The van der Waals surface area contributed by atoms with Crippen LogP contribution < -0.4 is 5.32 Å². The third kappa shape index (κ3) is 6.22. The molecule has 0 fully saturated rings. The Morgan fingerprint density at radius 1 is 0.861 bits per heavy atom. The number of hydrogen-bond acceptors (Lipinski definition) is 5. The Kier molecular flexibility index (Phi) is 7.87. The molecule has 1 atom stereocenters. The lowest BCUT2D eigenvalue weighted by atomic mass is 10.0. The van der Waals surface area contributed by atoms with Gasteiger partial charge in [0.1, 0.15) is 0 Å². The van der Waals surface area contributed by atoms with E-state index >= 15 is 0 Å². The highest BCUT2D eigenvalue weighted by atomic mass is 79.9. The summed E-state index contributed by atoms with van der Waals surface area (Å²) >= 11 is 3.24. The standard InChI is InChI=1S/C28H21BrN2O5/c29-24-18-23(31(34)35)15-16-25(24)30-28(33)27(22-9-5-2-6-10-22)36-26(32)17-19-11-13-21(14-12-19)20-7-3-1-4-8-20/h1-16,18,27H,17H2,(H,30,33). The van der Waals surface area contributed by atoms with Gasteiger partial charge in [-0.05, 0) is 38.7 Å². The normalized spacial score (nSPS) is 11.4. The van der Waals surface area contributed by atoms with Gasteiger partial charge in [0.05, 0.1) is 17.0 Å². The number of rotatable bonds is 8. The van der Waals surface area contributed by atoms with Crippen LogP contribution in [0.2, 0.25) is 0 Å². The molecule has 0 aliphatic rings. The van der Waals surface area contributed by atoms with Crippen LogP contribution >= 0.6 is 15.9 Å². The van der Waals surface area contributed by atoms with Crippen LogP contribution in [-0.2, 0) is 20.7 Å². The van der Waals surface area contributed by atoms with E-state index in [9.17, 15) is 19.7 Å². The summed E-state index contributed by atoms with van der Waals surface area (Å²) in [6.45, 7) is 0. The average Bonchev–Trinajstić information content (AvgIpc) is 2.89. The maximum absolute atomic E-state index is 13.1. The molecule has 0 aliphatic carbocycles. The minimum absolute atomic E-state index is 0.00703. The molecule has 36 heavy (non-hydrogen) atoms. The smallest absolute Gasteiger partial charge is 0.311 e. The van der Waals surface area contributed by atoms with Gasteiger partial charge in [-0.2, -0.15) is 0 Å². The molecule has 0 saturated heterocycles. The van der Waals surface area contributed by atoms with Gasteiger partial charge < -0.3 is 10.1 Å². The molecule has 1 N–H and O–H groups in total. The number of esters is 1. The van der Waals surface area contributed by atoms with E-state index in [0.717, 1.165) is 16.7 Å². The molecular weight excluding hydrogens is 524 g/mol. The number of carbonyl (C=O) groups is 2. The molecular formula is C28H21BrN2O5. The van der Waals surface area contributed by atoms with Gasteiger partial charge in [0, 0.05) is 22.2 Å². The molecule has 0 spiro atoms. The summed E-state index contributed by atoms with van der Waals surface area (Å²) in [5.41, 5.74) is 3.56. The number of nitro groups is 1. The summed E-state index contributed by atoms with van der Waals surface area (Å²) in [6, 6.07) is 30.1. The van der Waals surface area contributed by atoms with Crippen molar-refractivity contribution in [2.24, 2.45) is 0 Å². The van der Waals surface area contributed by atoms with Gasteiger partial charge in [-0.1, -0.05) is 84.9 Å². The van der Waals surface area contributed by atoms with Crippen molar-refractivity contribution >= 4 is 39.2 Å². The molecule has 180 valence electrons. The Bertz CT molecular complexity index is 1380. The summed E-state index contributed by atoms with van der Waals surface area (Å²) in [4.78, 5) is 36.4. The number of amides is 1. The van der Waals surface area contributed by atoms with Crippen molar-refractivity contribution in [1.29, 1.82) is 0 Å². The number of ether oxygens (including phenoxy) is 1. The topological polar surface area (TPSA) is 98.5 Å². The van der Waals surface area contributed by atoms with Crippen molar-refractivity contribution in [3.63, 3.8) is 0 Å². The van der Waals surface area contributed by atoms with E-state index in [-0.39, 0.29) is 12.1 Å². The van der Waals surface area contributed by atoms with Gasteiger partial charge in [-0.15, -0.1) is 0 Å². The van der Waals surface area contributed by atoms with Gasteiger partial charge in [-0.25, -0.2) is 0 Å². The summed E-state index contributed by atoms with van der Waals surface area (Å²) in [7, 11) is 0. The second-order valence-electron chi connectivity index (χ2n) is 7.93. The minimum Gasteiger partial charge on any atom is -0.447 e. The van der Waals surface area contributed by atoms with Gasteiger partial charge in [0.25, 0.3) is 11.6 Å². The second kappa shape index (κ2) is 11.4. The molecule has 1 amide bonds. The fraction of sp³-hybridized carbons (Fsp3) is 0.0714. The van der Waals surface area contributed by atoms with E-state index in [1.807, 2.05) is 54.6 Å². The Morgan fingerprint density at radius 2 is 1.47 bits per heavy atom. The minimum atomic E-state index is -1.20. The van der Waals surface area contributed by atoms with Crippen molar-refractivity contribution in [3.8, 4) is 11.1 Å². The molecule has 0 saturated carbocycles. The van der Waals surface area contributed by atoms with Crippen LogP contribution in [0, 0.1) is 10.1 Å². The maximum Gasteiger partial charge on any atom is 0.311 e. The molecule has 7 nitrogen and oxygen atoms in total. The van der Waals surface area contributed by atoms with Crippen LogP contribution in [0.4, 0.5) is 11.4 Å². The van der Waals surface area contributed by atoms with Crippen LogP contribution in [0.3, 0.4) is 0 Å². The van der Waals surface area contributed by atoms with E-state index in [1.54, 1.807) is 30.3 Å². The van der Waals surface area contributed by atoms with Crippen molar-refractivity contribution in [2.75, 3.05) is 5.32 Å². The van der Waals surface area contributed by atoms with Gasteiger partial charge in [0.15, 0.2) is 0 Å². The number of benzene rings is 4. The predicted octanol–water partition coefficient (Wildman–Crippen LogP) is 6.49. The summed E-state index contributed by atoms with van der Waals surface area (Å²) in [5, 5.41) is 13.7. The number of halogens is 1. The predicted molar refractivity (Wildman–Crippen MR) is 140 cm³/mol. The molecule has 0 bridgehead atoms. The van der Waals surface area contributed by atoms with Crippen molar-refractivity contribution in [3.05, 3.63) is 129 Å². The van der Waals surface area contributed by atoms with E-state index in [0.29, 0.717) is 15.7 Å². The fourth-order valence-corrected chi connectivity index (χ4v) is 4.07. The van der Waals surface area contributed by atoms with Crippen LogP contribution in [0.25, 0.3) is 11.1 Å². The van der Waals surface area contributed by atoms with Crippen molar-refractivity contribution in [1.82, 2.24) is 0 Å². The SMILES string of the molecule is O=C(Cc1ccc(-c2ccccc2)cc1)OC(C(=O)Nc1ccc([N+](=O)[O-])cc1Br)c1ccccc1. The molecule has 0 aromatic heterocycles. The van der Waals surface area contributed by atoms with Gasteiger partial charge in [-0.3, -0.25) is 19.7 Å².